The van der Waals surface area contributed by atoms with E-state index in [1.165, 1.54) is 4.40 Å². The van der Waals surface area contributed by atoms with E-state index in [0.717, 1.165) is 5.75 Å². The molecule has 0 bridgehead atoms. The Kier molecular flexibility index (Phi) is 3.95. The minimum absolute atomic E-state index is 0.0575. The third-order valence-electron chi connectivity index (χ3n) is 3.66. The highest BCUT2D eigenvalue weighted by molar-refractivity contribution is 5.53. The van der Waals surface area contributed by atoms with Gasteiger partial charge in [0, 0.05) is 6.07 Å². The van der Waals surface area contributed by atoms with Crippen molar-refractivity contribution in [1.29, 1.82) is 0 Å². The van der Waals surface area contributed by atoms with Crippen LogP contribution < -0.4 is 9.47 Å². The van der Waals surface area contributed by atoms with Crippen LogP contribution in [0.25, 0.3) is 5.65 Å². The van der Waals surface area contributed by atoms with Gasteiger partial charge in [-0.1, -0.05) is 24.3 Å². The topological polar surface area (TPSA) is 78.9 Å². The molecule has 0 aliphatic heterocycles. The average molecular weight is 347 g/mol. The fourth-order valence-corrected chi connectivity index (χ4v) is 2.51. The fraction of sp³-hybridized carbons (Fsp3) is 0. The molecule has 7 heteroatoms. The Morgan fingerprint density at radius 3 is 2.12 bits per heavy atom. The number of imidazole rings is 1. The Balaban J connectivity index is 1.59. The summed E-state index contributed by atoms with van der Waals surface area (Å²) in [5.41, 5.74) is 0.443. The zero-order valence-electron chi connectivity index (χ0n) is 13.5. The molecule has 0 N–H and O–H groups in total. The van der Waals surface area contributed by atoms with Crippen molar-refractivity contribution >= 4 is 11.5 Å². The van der Waals surface area contributed by atoms with Crippen molar-refractivity contribution < 1.29 is 14.4 Å². The summed E-state index contributed by atoms with van der Waals surface area (Å²) in [4.78, 5) is 15.1. The van der Waals surface area contributed by atoms with Gasteiger partial charge in [0.1, 0.15) is 17.2 Å². The number of aromatic nitrogens is 2. The molecule has 4 rings (SSSR count). The molecule has 128 valence electrons. The van der Waals surface area contributed by atoms with Crippen molar-refractivity contribution in [2.45, 2.75) is 0 Å². The van der Waals surface area contributed by atoms with E-state index in [4.69, 9.17) is 9.47 Å². The summed E-state index contributed by atoms with van der Waals surface area (Å²) in [6, 6.07) is 21.3. The van der Waals surface area contributed by atoms with Crippen molar-refractivity contribution in [2.75, 3.05) is 0 Å². The van der Waals surface area contributed by atoms with Crippen LogP contribution in [-0.4, -0.2) is 14.3 Å². The van der Waals surface area contributed by atoms with Gasteiger partial charge in [-0.25, -0.2) is 0 Å². The average Bonchev–Trinajstić information content (AvgIpc) is 3.02. The molecule has 0 fully saturated rings. The lowest BCUT2D eigenvalue weighted by atomic mass is 10.3. The van der Waals surface area contributed by atoms with Gasteiger partial charge in [-0.2, -0.15) is 9.38 Å². The van der Waals surface area contributed by atoms with Crippen molar-refractivity contribution in [3.63, 3.8) is 0 Å². The van der Waals surface area contributed by atoms with Gasteiger partial charge in [0.2, 0.25) is 5.65 Å². The third kappa shape index (κ3) is 3.05. The molecule has 2 aromatic heterocycles. The standard InChI is InChI=1S/C19H13N3O4/c23-22(24)19-18(20-17-8-4-5-13-21(17)19)26-16-11-9-15(10-12-16)25-14-6-2-1-3-7-14/h1-13H. The highest BCUT2D eigenvalue weighted by atomic mass is 16.6. The van der Waals surface area contributed by atoms with E-state index in [9.17, 15) is 10.1 Å². The third-order valence-corrected chi connectivity index (χ3v) is 3.66. The summed E-state index contributed by atoms with van der Waals surface area (Å²) in [5.74, 6) is 1.50. The number of benzene rings is 2. The van der Waals surface area contributed by atoms with Crippen molar-refractivity contribution in [3.05, 3.63) is 89.1 Å². The van der Waals surface area contributed by atoms with Crippen LogP contribution >= 0.6 is 0 Å². The number of rotatable bonds is 5. The molecule has 0 saturated heterocycles. The Morgan fingerprint density at radius 1 is 0.808 bits per heavy atom. The van der Waals surface area contributed by atoms with Crippen molar-refractivity contribution in [2.24, 2.45) is 0 Å². The molecule has 0 radical (unpaired) electrons. The monoisotopic (exact) mass is 347 g/mol. The highest BCUT2D eigenvalue weighted by Gasteiger charge is 2.24. The van der Waals surface area contributed by atoms with Crippen LogP contribution in [0.1, 0.15) is 0 Å². The molecule has 0 atom stereocenters. The first-order valence-electron chi connectivity index (χ1n) is 7.83. The first kappa shape index (κ1) is 15.6. The Morgan fingerprint density at radius 2 is 1.42 bits per heavy atom. The first-order chi connectivity index (χ1) is 12.7. The Labute approximate surface area is 148 Å². The van der Waals surface area contributed by atoms with Crippen molar-refractivity contribution in [1.82, 2.24) is 9.38 Å². The quantitative estimate of drug-likeness (QED) is 0.382. The number of hydrogen-bond acceptors (Lipinski definition) is 5. The second-order valence-corrected chi connectivity index (χ2v) is 5.42. The van der Waals surface area contributed by atoms with E-state index < -0.39 is 4.92 Å². The predicted octanol–water partition coefficient (Wildman–Crippen LogP) is 4.83. The molecule has 2 heterocycles. The minimum atomic E-state index is -0.512. The highest BCUT2D eigenvalue weighted by Crippen LogP contribution is 2.32. The summed E-state index contributed by atoms with van der Waals surface area (Å²) in [5, 5.41) is 11.4. The molecule has 2 aromatic carbocycles. The molecule has 0 saturated carbocycles. The molecule has 0 unspecified atom stereocenters. The lowest BCUT2D eigenvalue weighted by molar-refractivity contribution is -0.391. The smallest absolute Gasteiger partial charge is 0.392 e. The Hall–Kier alpha value is -3.87. The molecular formula is C19H13N3O4. The number of para-hydroxylation sites is 1. The normalized spacial score (nSPS) is 10.6. The van der Waals surface area contributed by atoms with Gasteiger partial charge in [0.05, 0.1) is 6.20 Å². The summed E-state index contributed by atoms with van der Waals surface area (Å²) >= 11 is 0. The maximum Gasteiger partial charge on any atom is 0.392 e. The van der Waals surface area contributed by atoms with E-state index in [-0.39, 0.29) is 11.7 Å². The predicted molar refractivity (Wildman–Crippen MR) is 94.9 cm³/mol. The molecule has 0 aliphatic carbocycles. The lowest BCUT2D eigenvalue weighted by Gasteiger charge is -2.07. The van der Waals surface area contributed by atoms with E-state index in [2.05, 4.69) is 4.98 Å². The maximum atomic E-state index is 11.4. The fourth-order valence-electron chi connectivity index (χ4n) is 2.51. The first-order valence-corrected chi connectivity index (χ1v) is 7.83. The maximum absolute atomic E-state index is 11.4. The second-order valence-electron chi connectivity index (χ2n) is 5.42. The summed E-state index contributed by atoms with van der Waals surface area (Å²) in [6.45, 7) is 0. The largest absolute Gasteiger partial charge is 0.457 e. The van der Waals surface area contributed by atoms with Gasteiger partial charge >= 0.3 is 11.7 Å². The van der Waals surface area contributed by atoms with Gasteiger partial charge in [-0.3, -0.25) is 0 Å². The van der Waals surface area contributed by atoms with Gasteiger partial charge in [-0.15, -0.1) is 0 Å². The van der Waals surface area contributed by atoms with E-state index >= 15 is 0 Å². The second kappa shape index (κ2) is 6.56. The van der Waals surface area contributed by atoms with Gasteiger partial charge < -0.3 is 19.6 Å². The Bertz CT molecular complexity index is 1060. The number of fused-ring (bicyclic) bond motifs is 1. The van der Waals surface area contributed by atoms with E-state index in [0.29, 0.717) is 17.1 Å². The molecule has 7 nitrogen and oxygen atoms in total. The summed E-state index contributed by atoms with van der Waals surface area (Å²) in [6.07, 6.45) is 1.57. The van der Waals surface area contributed by atoms with Crippen LogP contribution in [-0.2, 0) is 0 Å². The van der Waals surface area contributed by atoms with E-state index in [1.54, 1.807) is 48.7 Å². The number of nitro groups is 1. The molecular weight excluding hydrogens is 334 g/mol. The van der Waals surface area contributed by atoms with E-state index in [1.807, 2.05) is 30.3 Å². The number of hydrogen-bond donors (Lipinski definition) is 0. The molecule has 0 aliphatic rings. The SMILES string of the molecule is O=[N+]([O-])c1c(Oc2ccc(Oc3ccccc3)cc2)nc2ccccn12. The number of ether oxygens (including phenoxy) is 2. The minimum Gasteiger partial charge on any atom is -0.457 e. The van der Waals surface area contributed by atoms with Crippen LogP contribution in [0.5, 0.6) is 23.1 Å². The van der Waals surface area contributed by atoms with Crippen molar-refractivity contribution in [3.8, 4) is 23.1 Å². The summed E-state index contributed by atoms with van der Waals surface area (Å²) < 4.78 is 12.7. The lowest BCUT2D eigenvalue weighted by Crippen LogP contribution is -1.96. The van der Waals surface area contributed by atoms with Crippen LogP contribution in [0.3, 0.4) is 0 Å². The van der Waals surface area contributed by atoms with Crippen LogP contribution in [0.2, 0.25) is 0 Å². The zero-order valence-corrected chi connectivity index (χ0v) is 13.5. The number of nitrogens with zero attached hydrogens (tertiary/aromatic N) is 3. The van der Waals surface area contributed by atoms with Crippen LogP contribution in [0, 0.1) is 10.1 Å². The summed E-state index contributed by atoms with van der Waals surface area (Å²) in [7, 11) is 0. The van der Waals surface area contributed by atoms with Crippen LogP contribution in [0.15, 0.2) is 79.0 Å². The van der Waals surface area contributed by atoms with Crippen LogP contribution in [0.4, 0.5) is 5.82 Å². The van der Waals surface area contributed by atoms with Gasteiger partial charge in [-0.05, 0) is 47.4 Å². The molecule has 26 heavy (non-hydrogen) atoms. The zero-order chi connectivity index (χ0) is 17.9. The number of pyridine rings is 1. The molecule has 0 spiro atoms. The van der Waals surface area contributed by atoms with Gasteiger partial charge in [0.25, 0.3) is 0 Å². The molecule has 0 amide bonds. The molecule has 4 aromatic rings. The van der Waals surface area contributed by atoms with Gasteiger partial charge in [0.15, 0.2) is 0 Å².